The van der Waals surface area contributed by atoms with Crippen molar-refractivity contribution in [3.63, 3.8) is 0 Å². The van der Waals surface area contributed by atoms with E-state index in [0.29, 0.717) is 5.82 Å². The Kier molecular flexibility index (Phi) is 1.72. The smallest absolute Gasteiger partial charge is 0.199 e. The van der Waals surface area contributed by atoms with Gasteiger partial charge in [-0.15, -0.1) is 0 Å². The highest BCUT2D eigenvalue weighted by Gasteiger charge is 2.11. The Bertz CT molecular complexity index is 469. The third-order valence-corrected chi connectivity index (χ3v) is 1.83. The number of hydrogen-bond donors (Lipinski definition) is 1. The summed E-state index contributed by atoms with van der Waals surface area (Å²) < 4.78 is 1.69. The number of pyridine rings is 1. The fourth-order valence-corrected chi connectivity index (χ4v) is 1.22. The highest BCUT2D eigenvalue weighted by molar-refractivity contribution is 5.46. The van der Waals surface area contributed by atoms with Gasteiger partial charge in [0, 0.05) is 6.20 Å². The monoisotopic (exact) mass is 173 g/mol. The van der Waals surface area contributed by atoms with E-state index in [1.807, 2.05) is 18.2 Å². The zero-order chi connectivity index (χ0) is 9.26. The molecule has 0 aliphatic heterocycles. The minimum Gasteiger partial charge on any atom is -0.371 e. The molecule has 0 aliphatic carbocycles. The van der Waals surface area contributed by atoms with Gasteiger partial charge in [-0.1, -0.05) is 6.07 Å². The Morgan fingerprint density at radius 1 is 1.54 bits per heavy atom. The maximum absolute atomic E-state index is 9.27. The Balaban J connectivity index is 2.66. The lowest BCUT2D eigenvalue weighted by molar-refractivity contribution is 0.225. The number of imidazole rings is 1. The van der Waals surface area contributed by atoms with Crippen LogP contribution in [0.25, 0.3) is 5.52 Å². The Hall–Kier alpha value is -1.86. The first-order chi connectivity index (χ1) is 6.33. The zero-order valence-corrected chi connectivity index (χ0v) is 6.75. The van der Waals surface area contributed by atoms with Crippen molar-refractivity contribution in [1.82, 2.24) is 9.38 Å². The van der Waals surface area contributed by atoms with Crippen LogP contribution in [0, 0.1) is 11.3 Å². The van der Waals surface area contributed by atoms with Gasteiger partial charge in [0.1, 0.15) is 6.07 Å². The normalized spacial score (nSPS) is 12.6. The maximum atomic E-state index is 9.27. The molecule has 1 unspecified atom stereocenters. The molecule has 2 aromatic rings. The van der Waals surface area contributed by atoms with Crippen LogP contribution in [-0.2, 0) is 0 Å². The molecule has 2 heterocycles. The summed E-state index contributed by atoms with van der Waals surface area (Å²) in [4.78, 5) is 3.96. The van der Waals surface area contributed by atoms with E-state index >= 15 is 0 Å². The fraction of sp³-hybridized carbons (Fsp3) is 0.111. The molecular weight excluding hydrogens is 166 g/mol. The molecule has 0 aromatic carbocycles. The molecule has 0 radical (unpaired) electrons. The fourth-order valence-electron chi connectivity index (χ4n) is 1.22. The lowest BCUT2D eigenvalue weighted by atomic mass is 10.3. The Labute approximate surface area is 74.7 Å². The molecule has 13 heavy (non-hydrogen) atoms. The number of nitriles is 1. The zero-order valence-electron chi connectivity index (χ0n) is 6.75. The van der Waals surface area contributed by atoms with Crippen molar-refractivity contribution in [1.29, 1.82) is 5.26 Å². The number of aliphatic hydroxyl groups is 1. The van der Waals surface area contributed by atoms with E-state index in [9.17, 15) is 5.11 Å². The number of nitrogens with zero attached hydrogens (tertiary/aromatic N) is 3. The minimum absolute atomic E-state index is 0.359. The van der Waals surface area contributed by atoms with Crippen molar-refractivity contribution >= 4 is 5.52 Å². The molecule has 4 heteroatoms. The molecule has 0 saturated carbocycles. The number of aliphatic hydroxyl groups excluding tert-OH is 1. The van der Waals surface area contributed by atoms with Crippen molar-refractivity contribution in [2.24, 2.45) is 0 Å². The molecule has 0 bridgehead atoms. The summed E-state index contributed by atoms with van der Waals surface area (Å²) >= 11 is 0. The first-order valence-electron chi connectivity index (χ1n) is 3.82. The van der Waals surface area contributed by atoms with E-state index in [-0.39, 0.29) is 0 Å². The number of aromatic nitrogens is 2. The van der Waals surface area contributed by atoms with Crippen molar-refractivity contribution in [3.8, 4) is 6.07 Å². The molecule has 0 spiro atoms. The molecule has 64 valence electrons. The summed E-state index contributed by atoms with van der Waals surface area (Å²) in [5.74, 6) is 0.359. The molecule has 1 N–H and O–H groups in total. The molecule has 2 aromatic heterocycles. The summed E-state index contributed by atoms with van der Waals surface area (Å²) in [5, 5.41) is 17.8. The van der Waals surface area contributed by atoms with Gasteiger partial charge in [0.05, 0.1) is 11.7 Å². The predicted molar refractivity (Wildman–Crippen MR) is 45.8 cm³/mol. The van der Waals surface area contributed by atoms with E-state index in [0.717, 1.165) is 5.52 Å². The lowest BCUT2D eigenvalue weighted by Gasteiger charge is -1.99. The average molecular weight is 173 g/mol. The van der Waals surface area contributed by atoms with Gasteiger partial charge in [-0.2, -0.15) is 5.26 Å². The molecule has 2 rings (SSSR count). The molecule has 1 atom stereocenters. The summed E-state index contributed by atoms with van der Waals surface area (Å²) in [6.07, 6.45) is 2.22. The molecule has 0 amide bonds. The van der Waals surface area contributed by atoms with Crippen LogP contribution in [0.4, 0.5) is 0 Å². The lowest BCUT2D eigenvalue weighted by Crippen LogP contribution is -2.00. The van der Waals surface area contributed by atoms with Gasteiger partial charge in [0.15, 0.2) is 11.9 Å². The largest absolute Gasteiger partial charge is 0.371 e. The van der Waals surface area contributed by atoms with Gasteiger partial charge in [-0.05, 0) is 12.1 Å². The van der Waals surface area contributed by atoms with Crippen molar-refractivity contribution in [3.05, 3.63) is 36.4 Å². The third kappa shape index (κ3) is 1.15. The second-order valence-corrected chi connectivity index (χ2v) is 2.64. The third-order valence-electron chi connectivity index (χ3n) is 1.83. The standard InChI is InChI=1S/C9H7N3O/c10-5-8(13)9-11-6-7-3-1-2-4-12(7)9/h1-4,6,8,13H. The van der Waals surface area contributed by atoms with E-state index in [1.54, 1.807) is 22.9 Å². The van der Waals surface area contributed by atoms with Crippen LogP contribution in [0.5, 0.6) is 0 Å². The van der Waals surface area contributed by atoms with E-state index in [4.69, 9.17) is 5.26 Å². The number of fused-ring (bicyclic) bond motifs is 1. The summed E-state index contributed by atoms with van der Waals surface area (Å²) in [6.45, 7) is 0. The molecule has 0 saturated heterocycles. The first kappa shape index (κ1) is 7.77. The quantitative estimate of drug-likeness (QED) is 0.651. The van der Waals surface area contributed by atoms with Gasteiger partial charge >= 0.3 is 0 Å². The predicted octanol–water partition coefficient (Wildman–Crippen LogP) is 0.891. The summed E-state index contributed by atoms with van der Waals surface area (Å²) in [5.41, 5.74) is 0.867. The number of hydrogen-bond acceptors (Lipinski definition) is 3. The second kappa shape index (κ2) is 2.88. The van der Waals surface area contributed by atoms with Crippen molar-refractivity contribution in [2.45, 2.75) is 6.10 Å². The molecule has 4 nitrogen and oxygen atoms in total. The highest BCUT2D eigenvalue weighted by Crippen LogP contribution is 2.12. The van der Waals surface area contributed by atoms with Crippen molar-refractivity contribution in [2.75, 3.05) is 0 Å². The van der Waals surface area contributed by atoms with Crippen LogP contribution < -0.4 is 0 Å². The van der Waals surface area contributed by atoms with E-state index in [2.05, 4.69) is 4.98 Å². The van der Waals surface area contributed by atoms with Crippen molar-refractivity contribution < 1.29 is 5.11 Å². The molecule has 0 aliphatic rings. The van der Waals surface area contributed by atoms with Gasteiger partial charge in [0.2, 0.25) is 0 Å². The van der Waals surface area contributed by atoms with E-state index in [1.165, 1.54) is 0 Å². The topological polar surface area (TPSA) is 61.3 Å². The van der Waals surface area contributed by atoms with Crippen LogP contribution in [-0.4, -0.2) is 14.5 Å². The molecular formula is C9H7N3O. The second-order valence-electron chi connectivity index (χ2n) is 2.64. The van der Waals surface area contributed by atoms with Crippen LogP contribution >= 0.6 is 0 Å². The van der Waals surface area contributed by atoms with Crippen LogP contribution in [0.15, 0.2) is 30.6 Å². The van der Waals surface area contributed by atoms with Crippen LogP contribution in [0.1, 0.15) is 11.9 Å². The minimum atomic E-state index is -1.16. The van der Waals surface area contributed by atoms with Gasteiger partial charge in [-0.25, -0.2) is 4.98 Å². The van der Waals surface area contributed by atoms with Crippen LogP contribution in [0.3, 0.4) is 0 Å². The Morgan fingerprint density at radius 2 is 2.38 bits per heavy atom. The summed E-state index contributed by atoms with van der Waals surface area (Å²) in [7, 11) is 0. The SMILES string of the molecule is N#CC(O)c1ncc2ccccn12. The molecule has 0 fully saturated rings. The first-order valence-corrected chi connectivity index (χ1v) is 3.82. The number of rotatable bonds is 1. The van der Waals surface area contributed by atoms with Crippen LogP contribution in [0.2, 0.25) is 0 Å². The Morgan fingerprint density at radius 3 is 3.15 bits per heavy atom. The summed E-state index contributed by atoms with van der Waals surface area (Å²) in [6, 6.07) is 7.29. The average Bonchev–Trinajstić information content (AvgIpc) is 2.60. The maximum Gasteiger partial charge on any atom is 0.199 e. The van der Waals surface area contributed by atoms with Gasteiger partial charge in [0.25, 0.3) is 0 Å². The highest BCUT2D eigenvalue weighted by atomic mass is 16.3. The van der Waals surface area contributed by atoms with E-state index < -0.39 is 6.10 Å². The van der Waals surface area contributed by atoms with Gasteiger partial charge < -0.3 is 9.51 Å². The van der Waals surface area contributed by atoms with Gasteiger partial charge in [-0.3, -0.25) is 0 Å².